The van der Waals surface area contributed by atoms with Gasteiger partial charge in [-0.3, -0.25) is 19.6 Å². The smallest absolute Gasteiger partial charge is 0.253 e. The Kier molecular flexibility index (Phi) is 6.33. The molecule has 31 heavy (non-hydrogen) atoms. The Labute approximate surface area is 181 Å². The number of nitrogens with one attached hydrogen (secondary N) is 1. The molecule has 0 aliphatic carbocycles. The number of amides is 2. The van der Waals surface area contributed by atoms with Gasteiger partial charge in [-0.1, -0.05) is 18.2 Å². The van der Waals surface area contributed by atoms with Crippen molar-refractivity contribution in [2.24, 2.45) is 0 Å². The summed E-state index contributed by atoms with van der Waals surface area (Å²) in [7, 11) is 2.07. The summed E-state index contributed by atoms with van der Waals surface area (Å²) in [5.41, 5.74) is 3.82. The van der Waals surface area contributed by atoms with Crippen LogP contribution in [-0.4, -0.2) is 64.8 Å². The topological polar surface area (TPSA) is 78.4 Å². The van der Waals surface area contributed by atoms with Gasteiger partial charge in [0, 0.05) is 68.6 Å². The van der Waals surface area contributed by atoms with Crippen LogP contribution in [0, 0.1) is 0 Å². The van der Waals surface area contributed by atoms with Gasteiger partial charge in [-0.15, -0.1) is 0 Å². The summed E-state index contributed by atoms with van der Waals surface area (Å²) in [4.78, 5) is 37.6. The molecule has 0 bridgehead atoms. The number of piperazine rings is 1. The molecule has 1 fully saturated rings. The van der Waals surface area contributed by atoms with Gasteiger partial charge in [0.15, 0.2) is 0 Å². The number of likely N-dealkylation sites (N-methyl/N-ethyl adjacent to an activating group) is 1. The van der Waals surface area contributed by atoms with E-state index >= 15 is 0 Å². The molecule has 1 aliphatic rings. The molecule has 1 N–H and O–H groups in total. The zero-order valence-electron chi connectivity index (χ0n) is 17.5. The number of carbonyl (C=O) groups is 2. The van der Waals surface area contributed by atoms with E-state index in [1.807, 2.05) is 47.4 Å². The summed E-state index contributed by atoms with van der Waals surface area (Å²) in [5.74, 6) is -0.138. The van der Waals surface area contributed by atoms with Crippen LogP contribution in [0.4, 0.5) is 0 Å². The van der Waals surface area contributed by atoms with Crippen molar-refractivity contribution >= 4 is 11.8 Å². The first-order valence-corrected chi connectivity index (χ1v) is 10.3. The first-order valence-electron chi connectivity index (χ1n) is 10.3. The Balaban J connectivity index is 1.42. The van der Waals surface area contributed by atoms with Crippen LogP contribution in [0.3, 0.4) is 0 Å². The average Bonchev–Trinajstić information content (AvgIpc) is 2.83. The number of hydrogen-bond donors (Lipinski definition) is 1. The Morgan fingerprint density at radius 2 is 1.68 bits per heavy atom. The first kappa shape index (κ1) is 20.7. The van der Waals surface area contributed by atoms with E-state index in [2.05, 4.69) is 27.2 Å². The number of nitrogens with zero attached hydrogens (tertiary/aromatic N) is 4. The van der Waals surface area contributed by atoms with Crippen molar-refractivity contribution in [1.82, 2.24) is 25.1 Å². The third-order valence-electron chi connectivity index (χ3n) is 5.43. The minimum Gasteiger partial charge on any atom is -0.348 e. The maximum Gasteiger partial charge on any atom is 0.253 e. The molecule has 2 aromatic heterocycles. The van der Waals surface area contributed by atoms with Crippen LogP contribution in [0.25, 0.3) is 11.1 Å². The van der Waals surface area contributed by atoms with Crippen molar-refractivity contribution < 1.29 is 9.59 Å². The van der Waals surface area contributed by atoms with Gasteiger partial charge in [-0.05, 0) is 42.4 Å². The van der Waals surface area contributed by atoms with Gasteiger partial charge >= 0.3 is 0 Å². The molecule has 0 radical (unpaired) electrons. The normalized spacial score (nSPS) is 14.3. The minimum absolute atomic E-state index is 0.0568. The highest BCUT2D eigenvalue weighted by Crippen LogP contribution is 2.21. The highest BCUT2D eigenvalue weighted by atomic mass is 16.2. The molecular formula is C24H25N5O2. The fraction of sp³-hybridized carbons (Fsp3) is 0.250. The fourth-order valence-corrected chi connectivity index (χ4v) is 3.51. The lowest BCUT2D eigenvalue weighted by molar-refractivity contribution is 0.0664. The van der Waals surface area contributed by atoms with E-state index in [0.717, 1.165) is 42.9 Å². The van der Waals surface area contributed by atoms with E-state index in [1.165, 1.54) is 0 Å². The van der Waals surface area contributed by atoms with Crippen molar-refractivity contribution in [2.45, 2.75) is 6.54 Å². The Morgan fingerprint density at radius 1 is 0.903 bits per heavy atom. The lowest BCUT2D eigenvalue weighted by Gasteiger charge is -2.32. The quantitative estimate of drug-likeness (QED) is 0.693. The third-order valence-corrected chi connectivity index (χ3v) is 5.43. The second-order valence-electron chi connectivity index (χ2n) is 7.68. The highest BCUT2D eigenvalue weighted by molar-refractivity contribution is 5.96. The van der Waals surface area contributed by atoms with Crippen molar-refractivity contribution in [1.29, 1.82) is 0 Å². The zero-order valence-corrected chi connectivity index (χ0v) is 17.5. The van der Waals surface area contributed by atoms with Crippen molar-refractivity contribution in [3.63, 3.8) is 0 Å². The SMILES string of the molecule is CN1CCN(C(=O)c2ccc(-c3cncc(C(=O)NCc4cccnc4)c3)cc2)CC1. The molecule has 0 unspecified atom stereocenters. The molecule has 0 spiro atoms. The van der Waals surface area contributed by atoms with E-state index < -0.39 is 0 Å². The fourth-order valence-electron chi connectivity index (χ4n) is 3.51. The van der Waals surface area contributed by atoms with Gasteiger partial charge in [-0.25, -0.2) is 0 Å². The molecule has 3 aromatic rings. The van der Waals surface area contributed by atoms with Crippen LogP contribution >= 0.6 is 0 Å². The molecule has 1 aliphatic heterocycles. The number of aromatic nitrogens is 2. The average molecular weight is 415 g/mol. The van der Waals surface area contributed by atoms with E-state index in [4.69, 9.17) is 0 Å². The van der Waals surface area contributed by atoms with Gasteiger partial charge < -0.3 is 15.1 Å². The van der Waals surface area contributed by atoms with Gasteiger partial charge in [0.05, 0.1) is 5.56 Å². The predicted octanol–water partition coefficient (Wildman–Crippen LogP) is 2.46. The van der Waals surface area contributed by atoms with Crippen LogP contribution in [0.2, 0.25) is 0 Å². The summed E-state index contributed by atoms with van der Waals surface area (Å²) in [6, 6.07) is 13.0. The summed E-state index contributed by atoms with van der Waals surface area (Å²) < 4.78 is 0. The van der Waals surface area contributed by atoms with Gasteiger partial charge in [0.2, 0.25) is 0 Å². The van der Waals surface area contributed by atoms with E-state index in [1.54, 1.807) is 24.8 Å². The lowest BCUT2D eigenvalue weighted by Crippen LogP contribution is -2.47. The summed E-state index contributed by atoms with van der Waals surface area (Å²) in [6.45, 7) is 3.69. The lowest BCUT2D eigenvalue weighted by atomic mass is 10.0. The van der Waals surface area contributed by atoms with Crippen LogP contribution in [0.1, 0.15) is 26.3 Å². The monoisotopic (exact) mass is 415 g/mol. The van der Waals surface area contributed by atoms with E-state index in [-0.39, 0.29) is 11.8 Å². The number of hydrogen-bond acceptors (Lipinski definition) is 5. The largest absolute Gasteiger partial charge is 0.348 e. The summed E-state index contributed by atoms with van der Waals surface area (Å²) in [5, 5.41) is 2.88. The summed E-state index contributed by atoms with van der Waals surface area (Å²) in [6.07, 6.45) is 6.69. The van der Waals surface area contributed by atoms with Gasteiger partial charge in [0.25, 0.3) is 11.8 Å². The predicted molar refractivity (Wildman–Crippen MR) is 118 cm³/mol. The Bertz CT molecular complexity index is 1050. The van der Waals surface area contributed by atoms with Crippen LogP contribution in [-0.2, 0) is 6.54 Å². The second-order valence-corrected chi connectivity index (χ2v) is 7.68. The molecule has 7 nitrogen and oxygen atoms in total. The molecule has 1 saturated heterocycles. The van der Waals surface area contributed by atoms with Gasteiger partial charge in [-0.2, -0.15) is 0 Å². The Morgan fingerprint density at radius 3 is 2.39 bits per heavy atom. The zero-order chi connectivity index (χ0) is 21.6. The molecule has 1 aromatic carbocycles. The molecule has 4 rings (SSSR count). The van der Waals surface area contributed by atoms with Crippen LogP contribution in [0.5, 0.6) is 0 Å². The number of carbonyl (C=O) groups excluding carboxylic acids is 2. The molecular weight excluding hydrogens is 390 g/mol. The highest BCUT2D eigenvalue weighted by Gasteiger charge is 2.20. The maximum absolute atomic E-state index is 12.7. The van der Waals surface area contributed by atoms with Crippen molar-refractivity contribution in [3.8, 4) is 11.1 Å². The molecule has 0 atom stereocenters. The van der Waals surface area contributed by atoms with Crippen molar-refractivity contribution in [3.05, 3.63) is 83.9 Å². The summed E-state index contributed by atoms with van der Waals surface area (Å²) >= 11 is 0. The van der Waals surface area contributed by atoms with E-state index in [0.29, 0.717) is 17.7 Å². The van der Waals surface area contributed by atoms with E-state index in [9.17, 15) is 9.59 Å². The second kappa shape index (κ2) is 9.49. The van der Waals surface area contributed by atoms with Crippen LogP contribution in [0.15, 0.2) is 67.3 Å². The van der Waals surface area contributed by atoms with Crippen LogP contribution < -0.4 is 5.32 Å². The van der Waals surface area contributed by atoms with Gasteiger partial charge in [0.1, 0.15) is 0 Å². The molecule has 0 saturated carbocycles. The molecule has 158 valence electrons. The van der Waals surface area contributed by atoms with Crippen molar-refractivity contribution in [2.75, 3.05) is 33.2 Å². The third kappa shape index (κ3) is 5.13. The number of pyridine rings is 2. The first-order chi connectivity index (χ1) is 15.1. The molecule has 7 heteroatoms. The minimum atomic E-state index is -0.194. The number of rotatable bonds is 5. The molecule has 3 heterocycles. The molecule has 2 amide bonds. The standard InChI is InChI=1S/C24H25N5O2/c1-28-9-11-29(12-10-28)24(31)20-6-4-19(5-7-20)21-13-22(17-26-16-21)23(30)27-15-18-3-2-8-25-14-18/h2-8,13-14,16-17H,9-12,15H2,1H3,(H,27,30). The Hall–Kier alpha value is -3.58. The maximum atomic E-state index is 12.7. The number of benzene rings is 1.